The number of fused-ring (bicyclic) bond motifs is 3. The molecular formula is C26H24N6O3. The predicted octanol–water partition coefficient (Wildman–Crippen LogP) is 3.94. The highest BCUT2D eigenvalue weighted by Gasteiger charge is 2.69. The quantitative estimate of drug-likeness (QED) is 0.655. The molecule has 0 radical (unpaired) electrons. The van der Waals surface area contributed by atoms with Crippen molar-refractivity contribution in [2.45, 2.75) is 51.3 Å². The van der Waals surface area contributed by atoms with Gasteiger partial charge in [0.2, 0.25) is 11.8 Å². The summed E-state index contributed by atoms with van der Waals surface area (Å²) in [6.45, 7) is 6.61. The maximum absolute atomic E-state index is 13.3. The van der Waals surface area contributed by atoms with Crippen LogP contribution in [0.3, 0.4) is 0 Å². The molecule has 176 valence electrons. The van der Waals surface area contributed by atoms with Crippen LogP contribution in [-0.2, 0) is 10.5 Å². The maximum atomic E-state index is 13.3. The van der Waals surface area contributed by atoms with Gasteiger partial charge in [-0.25, -0.2) is 4.98 Å². The molecule has 1 saturated heterocycles. The van der Waals surface area contributed by atoms with Crippen LogP contribution >= 0.6 is 0 Å². The Morgan fingerprint density at radius 3 is 2.57 bits per heavy atom. The van der Waals surface area contributed by atoms with Crippen molar-refractivity contribution in [3.63, 3.8) is 0 Å². The number of carbonyl (C=O) groups is 1. The van der Waals surface area contributed by atoms with Crippen LogP contribution in [-0.4, -0.2) is 39.5 Å². The van der Waals surface area contributed by atoms with E-state index in [1.807, 2.05) is 39.0 Å². The number of carbonyl (C=O) groups excluding carboxylic acids is 1. The summed E-state index contributed by atoms with van der Waals surface area (Å²) < 4.78 is 12.5. The summed E-state index contributed by atoms with van der Waals surface area (Å²) in [7, 11) is 0. The Labute approximate surface area is 203 Å². The minimum Gasteiger partial charge on any atom is -0.438 e. The number of benzene rings is 1. The summed E-state index contributed by atoms with van der Waals surface area (Å²) in [5.41, 5.74) is 2.05. The van der Waals surface area contributed by atoms with E-state index in [-0.39, 0.29) is 28.4 Å². The van der Waals surface area contributed by atoms with Gasteiger partial charge in [-0.3, -0.25) is 4.79 Å². The lowest BCUT2D eigenvalue weighted by Crippen LogP contribution is -2.70. The van der Waals surface area contributed by atoms with E-state index in [0.29, 0.717) is 30.4 Å². The number of nitrogens with one attached hydrogen (secondary N) is 1. The van der Waals surface area contributed by atoms with Crippen molar-refractivity contribution >= 4 is 17.9 Å². The number of hydrogen-bond acceptors (Lipinski definition) is 8. The highest BCUT2D eigenvalue weighted by Crippen LogP contribution is 2.67. The molecule has 1 unspecified atom stereocenters. The lowest BCUT2D eigenvalue weighted by Gasteiger charge is -2.66. The Morgan fingerprint density at radius 1 is 1.20 bits per heavy atom. The van der Waals surface area contributed by atoms with Crippen LogP contribution in [0.4, 0.5) is 5.95 Å². The largest absolute Gasteiger partial charge is 0.438 e. The molecule has 1 aromatic heterocycles. The van der Waals surface area contributed by atoms with Gasteiger partial charge in [-0.2, -0.15) is 15.5 Å². The van der Waals surface area contributed by atoms with Gasteiger partial charge in [-0.05, 0) is 74.9 Å². The number of aryl methyl sites for hydroxylation is 2. The molecule has 9 heteroatoms. The standard InChI is InChI=1S/C26H24N6O3/c1-15-9-17(5-4-6-27)10-16(2)20(15)35-21-18-19(22(33)32-7-8-34-24(18,32)3)29-23(30-21)31-26-11-25(12-26,13-26)14-28/h4-5,9-10H,7-8,11-13H2,1-3H3,(H,29,30,31)/b5-4+. The van der Waals surface area contributed by atoms with Crippen molar-refractivity contribution in [2.75, 3.05) is 18.5 Å². The second-order valence-corrected chi connectivity index (χ2v) is 10.2. The van der Waals surface area contributed by atoms with Crippen molar-refractivity contribution in [2.24, 2.45) is 5.41 Å². The Morgan fingerprint density at radius 2 is 1.91 bits per heavy atom. The Balaban J connectivity index is 1.42. The number of anilines is 1. The third kappa shape index (κ3) is 2.98. The molecule has 35 heavy (non-hydrogen) atoms. The zero-order valence-electron chi connectivity index (χ0n) is 19.8. The van der Waals surface area contributed by atoms with Gasteiger partial charge in [0.1, 0.15) is 11.4 Å². The highest BCUT2D eigenvalue weighted by molar-refractivity contribution is 5.99. The normalized spacial score (nSPS) is 29.6. The number of nitriles is 2. The Kier molecular flexibility index (Phi) is 4.33. The molecule has 1 N–H and O–H groups in total. The van der Waals surface area contributed by atoms with Crippen LogP contribution in [0.25, 0.3) is 6.08 Å². The van der Waals surface area contributed by atoms with E-state index in [0.717, 1.165) is 36.0 Å². The zero-order chi connectivity index (χ0) is 24.6. The molecule has 3 heterocycles. The first-order valence-electron chi connectivity index (χ1n) is 11.6. The summed E-state index contributed by atoms with van der Waals surface area (Å²) in [6, 6.07) is 8.28. The summed E-state index contributed by atoms with van der Waals surface area (Å²) in [4.78, 5) is 24.3. The van der Waals surface area contributed by atoms with Gasteiger partial charge in [0.25, 0.3) is 5.91 Å². The van der Waals surface area contributed by atoms with Crippen LogP contribution in [0.15, 0.2) is 18.2 Å². The van der Waals surface area contributed by atoms with E-state index >= 15 is 0 Å². The number of rotatable bonds is 5. The molecule has 2 aromatic rings. The van der Waals surface area contributed by atoms with Gasteiger partial charge in [0.15, 0.2) is 5.72 Å². The third-order valence-corrected chi connectivity index (χ3v) is 7.68. The van der Waals surface area contributed by atoms with E-state index < -0.39 is 5.72 Å². The number of nitrogens with zero attached hydrogens (tertiary/aromatic N) is 5. The van der Waals surface area contributed by atoms with Crippen LogP contribution in [0.5, 0.6) is 11.6 Å². The molecule has 0 spiro atoms. The lowest BCUT2D eigenvalue weighted by molar-refractivity contribution is -0.0665. The molecule has 5 aliphatic rings. The minimum atomic E-state index is -0.987. The molecular weight excluding hydrogens is 444 g/mol. The number of hydrogen-bond donors (Lipinski definition) is 1. The van der Waals surface area contributed by atoms with E-state index in [9.17, 15) is 10.1 Å². The van der Waals surface area contributed by atoms with Gasteiger partial charge >= 0.3 is 0 Å². The molecule has 4 fully saturated rings. The topological polar surface area (TPSA) is 124 Å². The second kappa shape index (κ2) is 7.03. The Hall–Kier alpha value is -3.95. The number of amides is 1. The van der Waals surface area contributed by atoms with Crippen molar-refractivity contribution in [1.29, 1.82) is 10.5 Å². The molecule has 1 aromatic carbocycles. The fourth-order valence-corrected chi connectivity index (χ4v) is 6.15. The first kappa shape index (κ1) is 21.6. The summed E-state index contributed by atoms with van der Waals surface area (Å²) in [6.07, 6.45) is 5.44. The van der Waals surface area contributed by atoms with Crippen LogP contribution in [0.2, 0.25) is 0 Å². The van der Waals surface area contributed by atoms with E-state index in [1.165, 1.54) is 6.08 Å². The molecule has 3 aliphatic carbocycles. The summed E-state index contributed by atoms with van der Waals surface area (Å²) in [5.74, 6) is 1.04. The first-order chi connectivity index (χ1) is 16.7. The molecule has 3 saturated carbocycles. The zero-order valence-corrected chi connectivity index (χ0v) is 19.8. The molecule has 7 rings (SSSR count). The van der Waals surface area contributed by atoms with Crippen molar-refractivity contribution in [3.05, 3.63) is 46.2 Å². The maximum Gasteiger partial charge on any atom is 0.275 e. The summed E-state index contributed by atoms with van der Waals surface area (Å²) in [5, 5.41) is 21.6. The smallest absolute Gasteiger partial charge is 0.275 e. The van der Waals surface area contributed by atoms with Gasteiger partial charge in [0, 0.05) is 18.2 Å². The van der Waals surface area contributed by atoms with Crippen molar-refractivity contribution < 1.29 is 14.3 Å². The molecule has 2 aliphatic heterocycles. The van der Waals surface area contributed by atoms with Gasteiger partial charge < -0.3 is 19.7 Å². The van der Waals surface area contributed by atoms with Gasteiger partial charge in [0.05, 0.1) is 29.7 Å². The predicted molar refractivity (Wildman–Crippen MR) is 125 cm³/mol. The minimum absolute atomic E-state index is 0.194. The monoisotopic (exact) mass is 468 g/mol. The van der Waals surface area contributed by atoms with Gasteiger partial charge in [-0.1, -0.05) is 0 Å². The molecule has 2 bridgehead atoms. The van der Waals surface area contributed by atoms with E-state index in [2.05, 4.69) is 16.4 Å². The fraction of sp³-hybridized carbons (Fsp3) is 0.423. The van der Waals surface area contributed by atoms with Gasteiger partial charge in [-0.15, -0.1) is 0 Å². The molecule has 1 atom stereocenters. The number of aromatic nitrogens is 2. The highest BCUT2D eigenvalue weighted by atomic mass is 16.5. The SMILES string of the molecule is Cc1cc(/C=C/C#N)cc(C)c1Oc1nc(NC23CC(C#N)(C2)C3)nc2c1C1(C)OCCN1C2=O. The van der Waals surface area contributed by atoms with Crippen LogP contribution in [0.1, 0.15) is 58.9 Å². The van der Waals surface area contributed by atoms with E-state index in [1.54, 1.807) is 11.0 Å². The van der Waals surface area contributed by atoms with E-state index in [4.69, 9.17) is 19.7 Å². The summed E-state index contributed by atoms with van der Waals surface area (Å²) >= 11 is 0. The molecule has 9 nitrogen and oxygen atoms in total. The fourth-order valence-electron chi connectivity index (χ4n) is 6.15. The average Bonchev–Trinajstić information content (AvgIpc) is 3.25. The van der Waals surface area contributed by atoms with Crippen molar-refractivity contribution in [1.82, 2.24) is 14.9 Å². The second-order valence-electron chi connectivity index (χ2n) is 10.2. The van der Waals surface area contributed by atoms with Crippen LogP contribution < -0.4 is 10.1 Å². The third-order valence-electron chi connectivity index (χ3n) is 7.68. The number of ether oxygens (including phenoxy) is 2. The Bertz CT molecular complexity index is 1370. The first-order valence-corrected chi connectivity index (χ1v) is 11.6. The lowest BCUT2D eigenvalue weighted by atomic mass is 9.40. The molecule has 1 amide bonds. The average molecular weight is 469 g/mol. The van der Waals surface area contributed by atoms with Crippen LogP contribution in [0, 0.1) is 41.9 Å². The van der Waals surface area contributed by atoms with Crippen molar-refractivity contribution in [3.8, 4) is 23.8 Å². The number of allylic oxidation sites excluding steroid dienone is 1.